The molecule has 1 aliphatic heterocycles. The van der Waals surface area contributed by atoms with Gasteiger partial charge in [0.1, 0.15) is 5.82 Å². The van der Waals surface area contributed by atoms with E-state index in [1.165, 1.54) is 6.07 Å². The molecule has 1 aliphatic rings. The topological polar surface area (TPSA) is 42.9 Å². The van der Waals surface area contributed by atoms with E-state index in [9.17, 15) is 4.39 Å². The van der Waals surface area contributed by atoms with Gasteiger partial charge in [-0.15, -0.1) is 0 Å². The van der Waals surface area contributed by atoms with Crippen molar-refractivity contribution in [3.05, 3.63) is 35.6 Å². The zero-order chi connectivity index (χ0) is 18.1. The first-order valence-electron chi connectivity index (χ1n) is 9.25. The van der Waals surface area contributed by atoms with Gasteiger partial charge in [-0.05, 0) is 26.0 Å². The standard InChI is InChI=1S/C19H32FN5/c1-4-21-19(23-14-17-7-5-6-8-18(17)20)22-13-16(2)15-25-11-9-24(3)10-12-25/h5-8,16H,4,9-15H2,1-3H3,(H2,21,22,23). The van der Waals surface area contributed by atoms with E-state index in [2.05, 4.69) is 39.4 Å². The summed E-state index contributed by atoms with van der Waals surface area (Å²) >= 11 is 0. The van der Waals surface area contributed by atoms with Crippen LogP contribution in [0.1, 0.15) is 19.4 Å². The number of benzene rings is 1. The summed E-state index contributed by atoms with van der Waals surface area (Å²) < 4.78 is 13.7. The fourth-order valence-corrected chi connectivity index (χ4v) is 2.94. The Kier molecular flexibility index (Phi) is 8.15. The molecule has 1 aromatic rings. The molecule has 1 aromatic carbocycles. The molecule has 0 saturated carbocycles. The minimum Gasteiger partial charge on any atom is -0.357 e. The van der Waals surface area contributed by atoms with Crippen LogP contribution in [-0.4, -0.2) is 68.6 Å². The normalized spacial score (nSPS) is 18.2. The molecule has 1 atom stereocenters. The quantitative estimate of drug-likeness (QED) is 0.582. The molecule has 0 radical (unpaired) electrons. The molecule has 0 spiro atoms. The number of rotatable bonds is 7. The maximum absolute atomic E-state index is 13.7. The third-order valence-corrected chi connectivity index (χ3v) is 4.49. The Hall–Kier alpha value is -1.66. The summed E-state index contributed by atoms with van der Waals surface area (Å²) in [5.74, 6) is 1.07. The molecule has 0 bridgehead atoms. The Bertz CT molecular complexity index is 540. The number of hydrogen-bond donors (Lipinski definition) is 2. The van der Waals surface area contributed by atoms with E-state index in [1.807, 2.05) is 13.0 Å². The molecule has 0 aliphatic carbocycles. The summed E-state index contributed by atoms with van der Waals surface area (Å²) in [6.07, 6.45) is 0. The molecule has 25 heavy (non-hydrogen) atoms. The van der Waals surface area contributed by atoms with Gasteiger partial charge in [0, 0.05) is 51.4 Å². The molecule has 140 valence electrons. The Morgan fingerprint density at radius 2 is 1.92 bits per heavy atom. The molecule has 6 heteroatoms. The van der Waals surface area contributed by atoms with E-state index in [-0.39, 0.29) is 5.82 Å². The van der Waals surface area contributed by atoms with Crippen molar-refractivity contribution in [3.8, 4) is 0 Å². The van der Waals surface area contributed by atoms with Crippen molar-refractivity contribution in [2.75, 3.05) is 52.9 Å². The molecule has 1 saturated heterocycles. The van der Waals surface area contributed by atoms with Crippen molar-refractivity contribution in [3.63, 3.8) is 0 Å². The average molecular weight is 349 g/mol. The first-order chi connectivity index (χ1) is 12.1. The summed E-state index contributed by atoms with van der Waals surface area (Å²) in [5, 5.41) is 6.62. The SMILES string of the molecule is CCNC(=NCc1ccccc1F)NCC(C)CN1CCN(C)CC1. The van der Waals surface area contributed by atoms with Crippen molar-refractivity contribution in [1.29, 1.82) is 0 Å². The number of nitrogens with one attached hydrogen (secondary N) is 2. The molecule has 5 nitrogen and oxygen atoms in total. The van der Waals surface area contributed by atoms with Gasteiger partial charge in [-0.1, -0.05) is 25.1 Å². The predicted molar refractivity (Wildman–Crippen MR) is 102 cm³/mol. The predicted octanol–water partition coefficient (Wildman–Crippen LogP) is 1.76. The van der Waals surface area contributed by atoms with Gasteiger partial charge in [0.15, 0.2) is 5.96 Å². The molecule has 1 heterocycles. The van der Waals surface area contributed by atoms with Gasteiger partial charge in [0.2, 0.25) is 0 Å². The van der Waals surface area contributed by atoms with E-state index in [4.69, 9.17) is 0 Å². The van der Waals surface area contributed by atoms with E-state index >= 15 is 0 Å². The van der Waals surface area contributed by atoms with Crippen LogP contribution < -0.4 is 10.6 Å². The van der Waals surface area contributed by atoms with Crippen molar-refractivity contribution in [2.24, 2.45) is 10.9 Å². The summed E-state index contributed by atoms with van der Waals surface area (Å²) in [5.41, 5.74) is 0.616. The highest BCUT2D eigenvalue weighted by molar-refractivity contribution is 5.79. The molecule has 0 amide bonds. The summed E-state index contributed by atoms with van der Waals surface area (Å²) in [7, 11) is 2.18. The number of halogens is 1. The first kappa shape index (κ1) is 19.7. The van der Waals surface area contributed by atoms with Crippen LogP contribution in [0.25, 0.3) is 0 Å². The summed E-state index contributed by atoms with van der Waals surface area (Å²) in [6.45, 7) is 11.9. The van der Waals surface area contributed by atoms with E-state index in [0.717, 1.165) is 51.8 Å². The van der Waals surface area contributed by atoms with Crippen LogP contribution in [0.2, 0.25) is 0 Å². The molecule has 2 rings (SSSR count). The number of aliphatic imine (C=N–C) groups is 1. The Morgan fingerprint density at radius 3 is 2.60 bits per heavy atom. The highest BCUT2D eigenvalue weighted by Crippen LogP contribution is 2.07. The Balaban J connectivity index is 1.80. The van der Waals surface area contributed by atoms with Gasteiger partial charge >= 0.3 is 0 Å². The number of guanidine groups is 1. The van der Waals surface area contributed by atoms with Crippen LogP contribution >= 0.6 is 0 Å². The second kappa shape index (κ2) is 10.4. The Labute approximate surface area is 151 Å². The fraction of sp³-hybridized carbons (Fsp3) is 0.632. The molecule has 1 fully saturated rings. The number of hydrogen-bond acceptors (Lipinski definition) is 3. The largest absolute Gasteiger partial charge is 0.357 e. The third-order valence-electron chi connectivity index (χ3n) is 4.49. The maximum Gasteiger partial charge on any atom is 0.191 e. The van der Waals surface area contributed by atoms with E-state index in [0.29, 0.717) is 18.0 Å². The number of nitrogens with zero attached hydrogens (tertiary/aromatic N) is 3. The molecule has 0 aromatic heterocycles. The highest BCUT2D eigenvalue weighted by atomic mass is 19.1. The van der Waals surface area contributed by atoms with E-state index < -0.39 is 0 Å². The van der Waals surface area contributed by atoms with Gasteiger partial charge in [-0.3, -0.25) is 0 Å². The average Bonchev–Trinajstić information content (AvgIpc) is 2.60. The van der Waals surface area contributed by atoms with Crippen LogP contribution in [0.5, 0.6) is 0 Å². The summed E-state index contributed by atoms with van der Waals surface area (Å²) in [4.78, 5) is 9.40. The lowest BCUT2D eigenvalue weighted by molar-refractivity contribution is 0.139. The monoisotopic (exact) mass is 349 g/mol. The number of likely N-dealkylation sites (N-methyl/N-ethyl adjacent to an activating group) is 1. The van der Waals surface area contributed by atoms with Crippen molar-refractivity contribution < 1.29 is 4.39 Å². The summed E-state index contributed by atoms with van der Waals surface area (Å²) in [6, 6.07) is 6.79. The lowest BCUT2D eigenvalue weighted by Crippen LogP contribution is -2.47. The van der Waals surface area contributed by atoms with Gasteiger partial charge in [0.05, 0.1) is 6.54 Å². The lowest BCUT2D eigenvalue weighted by Gasteiger charge is -2.34. The minimum absolute atomic E-state index is 0.203. The number of piperazine rings is 1. The second-order valence-electron chi connectivity index (χ2n) is 6.88. The first-order valence-corrected chi connectivity index (χ1v) is 9.25. The second-order valence-corrected chi connectivity index (χ2v) is 6.88. The van der Waals surface area contributed by atoms with Crippen LogP contribution in [0.3, 0.4) is 0 Å². The van der Waals surface area contributed by atoms with Gasteiger partial charge < -0.3 is 20.4 Å². The van der Waals surface area contributed by atoms with Crippen molar-refractivity contribution in [2.45, 2.75) is 20.4 Å². The molecule has 2 N–H and O–H groups in total. The van der Waals surface area contributed by atoms with Crippen LogP contribution in [-0.2, 0) is 6.54 Å². The van der Waals surface area contributed by atoms with Crippen molar-refractivity contribution >= 4 is 5.96 Å². The molecular weight excluding hydrogens is 317 g/mol. The fourth-order valence-electron chi connectivity index (χ4n) is 2.94. The zero-order valence-electron chi connectivity index (χ0n) is 15.8. The van der Waals surface area contributed by atoms with Gasteiger partial charge in [-0.25, -0.2) is 9.38 Å². The van der Waals surface area contributed by atoms with Crippen LogP contribution in [0.15, 0.2) is 29.3 Å². The lowest BCUT2D eigenvalue weighted by atomic mass is 10.1. The zero-order valence-corrected chi connectivity index (χ0v) is 15.8. The van der Waals surface area contributed by atoms with Crippen LogP contribution in [0, 0.1) is 11.7 Å². The molecule has 1 unspecified atom stereocenters. The van der Waals surface area contributed by atoms with Gasteiger partial charge in [-0.2, -0.15) is 0 Å². The van der Waals surface area contributed by atoms with Crippen molar-refractivity contribution in [1.82, 2.24) is 20.4 Å². The van der Waals surface area contributed by atoms with Crippen LogP contribution in [0.4, 0.5) is 4.39 Å². The molecular formula is C19H32FN5. The minimum atomic E-state index is -0.203. The highest BCUT2D eigenvalue weighted by Gasteiger charge is 2.16. The van der Waals surface area contributed by atoms with Gasteiger partial charge in [0.25, 0.3) is 0 Å². The smallest absolute Gasteiger partial charge is 0.191 e. The Morgan fingerprint density at radius 1 is 1.20 bits per heavy atom. The maximum atomic E-state index is 13.7. The van der Waals surface area contributed by atoms with E-state index in [1.54, 1.807) is 12.1 Å². The third kappa shape index (κ3) is 7.00.